The Kier molecular flexibility index (Phi) is 5.66. The summed E-state index contributed by atoms with van der Waals surface area (Å²) in [5.74, 6) is -0.368. The van der Waals surface area contributed by atoms with E-state index >= 15 is 0 Å². The second kappa shape index (κ2) is 7.48. The van der Waals surface area contributed by atoms with Gasteiger partial charge in [-0.2, -0.15) is 0 Å². The second-order valence-corrected chi connectivity index (χ2v) is 5.70. The Morgan fingerprint density at radius 2 is 1.38 bits per heavy atom. The summed E-state index contributed by atoms with van der Waals surface area (Å²) in [6.45, 7) is 2.69. The van der Waals surface area contributed by atoms with Crippen LogP contribution in [0.1, 0.15) is 30.4 Å². The molecule has 0 heterocycles. The summed E-state index contributed by atoms with van der Waals surface area (Å²) in [5.41, 5.74) is 1.82. The molecule has 0 fully saturated rings. The topological polar surface area (TPSA) is 29.1 Å². The van der Waals surface area contributed by atoms with E-state index in [4.69, 9.17) is 23.2 Å². The van der Waals surface area contributed by atoms with Crippen LogP contribution in [0.3, 0.4) is 0 Å². The number of hydrogen-bond donors (Lipinski definition) is 1. The number of carbonyl (C=O) groups excluding carboxylic acids is 1. The molecule has 1 amide bonds. The van der Waals surface area contributed by atoms with Gasteiger partial charge < -0.3 is 5.32 Å². The number of rotatable bonds is 5. The number of hydrogen-bond acceptors (Lipinski definition) is 1. The minimum absolute atomic E-state index is 0.0125. The van der Waals surface area contributed by atoms with Crippen LogP contribution in [-0.4, -0.2) is 12.5 Å². The van der Waals surface area contributed by atoms with E-state index < -0.39 is 0 Å². The maximum atomic E-state index is 12.5. The number of nitrogens with one attached hydrogen (secondary N) is 1. The van der Waals surface area contributed by atoms with Crippen molar-refractivity contribution in [1.82, 2.24) is 5.32 Å². The van der Waals surface area contributed by atoms with Crippen LogP contribution < -0.4 is 5.32 Å². The van der Waals surface area contributed by atoms with Crippen LogP contribution in [0.2, 0.25) is 10.0 Å². The van der Waals surface area contributed by atoms with Crippen LogP contribution in [0, 0.1) is 0 Å². The quantitative estimate of drug-likeness (QED) is 0.853. The lowest BCUT2D eigenvalue weighted by molar-refractivity contribution is -0.121. The molecule has 0 saturated carbocycles. The molecule has 0 aliphatic heterocycles. The molecule has 0 spiro atoms. The van der Waals surface area contributed by atoms with Gasteiger partial charge in [0.05, 0.1) is 5.92 Å². The number of benzene rings is 2. The van der Waals surface area contributed by atoms with Crippen molar-refractivity contribution in [2.24, 2.45) is 0 Å². The minimum Gasteiger partial charge on any atom is -0.355 e. The van der Waals surface area contributed by atoms with Crippen LogP contribution in [0.25, 0.3) is 0 Å². The van der Waals surface area contributed by atoms with Gasteiger partial charge in [-0.05, 0) is 41.8 Å². The molecular formula is C17H17Cl2NO. The van der Waals surface area contributed by atoms with Gasteiger partial charge in [-0.3, -0.25) is 4.79 Å². The van der Waals surface area contributed by atoms with Crippen molar-refractivity contribution in [3.8, 4) is 0 Å². The Morgan fingerprint density at radius 1 is 0.952 bits per heavy atom. The van der Waals surface area contributed by atoms with Crippen LogP contribution in [0.5, 0.6) is 0 Å². The molecule has 0 unspecified atom stereocenters. The van der Waals surface area contributed by atoms with Crippen molar-refractivity contribution in [3.63, 3.8) is 0 Å². The van der Waals surface area contributed by atoms with Crippen molar-refractivity contribution < 1.29 is 4.79 Å². The van der Waals surface area contributed by atoms with E-state index in [2.05, 4.69) is 5.32 Å². The molecule has 2 nitrogen and oxygen atoms in total. The fourth-order valence-electron chi connectivity index (χ4n) is 2.16. The highest BCUT2D eigenvalue weighted by molar-refractivity contribution is 6.30. The fraction of sp³-hybridized carbons (Fsp3) is 0.235. The van der Waals surface area contributed by atoms with Gasteiger partial charge in [0, 0.05) is 16.6 Å². The fourth-order valence-corrected chi connectivity index (χ4v) is 2.41. The first-order chi connectivity index (χ1) is 10.1. The van der Waals surface area contributed by atoms with E-state index in [1.54, 1.807) is 24.3 Å². The molecule has 0 bridgehead atoms. The first-order valence-electron chi connectivity index (χ1n) is 6.90. The molecule has 0 aliphatic rings. The number of halogens is 2. The third kappa shape index (κ3) is 4.23. The van der Waals surface area contributed by atoms with E-state index in [1.807, 2.05) is 31.2 Å². The Hall–Kier alpha value is -1.51. The summed E-state index contributed by atoms with van der Waals surface area (Å²) in [4.78, 5) is 12.5. The van der Waals surface area contributed by atoms with E-state index in [0.29, 0.717) is 16.6 Å². The lowest BCUT2D eigenvalue weighted by atomic mass is 9.90. The molecular weight excluding hydrogens is 305 g/mol. The maximum Gasteiger partial charge on any atom is 0.232 e. The van der Waals surface area contributed by atoms with Crippen LogP contribution in [-0.2, 0) is 4.79 Å². The summed E-state index contributed by atoms with van der Waals surface area (Å²) in [6.07, 6.45) is 0.902. The molecule has 4 heteroatoms. The largest absolute Gasteiger partial charge is 0.355 e. The van der Waals surface area contributed by atoms with E-state index in [0.717, 1.165) is 17.5 Å². The van der Waals surface area contributed by atoms with Crippen molar-refractivity contribution in [2.75, 3.05) is 6.54 Å². The number of amides is 1. The highest BCUT2D eigenvalue weighted by Crippen LogP contribution is 2.27. The van der Waals surface area contributed by atoms with Gasteiger partial charge in [0.1, 0.15) is 0 Å². The van der Waals surface area contributed by atoms with Crippen molar-refractivity contribution >= 4 is 29.1 Å². The highest BCUT2D eigenvalue weighted by Gasteiger charge is 2.22. The lowest BCUT2D eigenvalue weighted by Crippen LogP contribution is -2.30. The standard InChI is InChI=1S/C17H17Cl2NO/c1-2-11-20-17(21)16(12-3-7-14(18)8-4-12)13-5-9-15(19)10-6-13/h3-10,16H,2,11H2,1H3,(H,20,21). The van der Waals surface area contributed by atoms with Crippen LogP contribution in [0.15, 0.2) is 48.5 Å². The molecule has 2 aromatic carbocycles. The molecule has 0 aliphatic carbocycles. The SMILES string of the molecule is CCCNC(=O)C(c1ccc(Cl)cc1)c1ccc(Cl)cc1. The van der Waals surface area contributed by atoms with Gasteiger partial charge in [-0.15, -0.1) is 0 Å². The van der Waals surface area contributed by atoms with Crippen LogP contribution in [0.4, 0.5) is 0 Å². The molecule has 1 N–H and O–H groups in total. The predicted molar refractivity (Wildman–Crippen MR) is 88.0 cm³/mol. The molecule has 21 heavy (non-hydrogen) atoms. The molecule has 110 valence electrons. The first-order valence-corrected chi connectivity index (χ1v) is 7.66. The van der Waals surface area contributed by atoms with E-state index in [-0.39, 0.29) is 11.8 Å². The third-order valence-corrected chi connectivity index (χ3v) is 3.72. The molecule has 0 saturated heterocycles. The Bertz CT molecular complexity index is 548. The monoisotopic (exact) mass is 321 g/mol. The van der Waals surface area contributed by atoms with Gasteiger partial charge in [-0.25, -0.2) is 0 Å². The van der Waals surface area contributed by atoms with Crippen molar-refractivity contribution in [3.05, 3.63) is 69.7 Å². The zero-order chi connectivity index (χ0) is 15.2. The van der Waals surface area contributed by atoms with Gasteiger partial charge in [-0.1, -0.05) is 54.4 Å². The zero-order valence-electron chi connectivity index (χ0n) is 11.8. The maximum absolute atomic E-state index is 12.5. The van der Waals surface area contributed by atoms with Gasteiger partial charge in [0.25, 0.3) is 0 Å². The first kappa shape index (κ1) is 15.9. The van der Waals surface area contributed by atoms with Crippen molar-refractivity contribution in [1.29, 1.82) is 0 Å². The van der Waals surface area contributed by atoms with E-state index in [9.17, 15) is 4.79 Å². The average molecular weight is 322 g/mol. The Morgan fingerprint density at radius 3 is 1.76 bits per heavy atom. The molecule has 0 radical (unpaired) electrons. The Labute approximate surface area is 135 Å². The third-order valence-electron chi connectivity index (χ3n) is 3.22. The summed E-state index contributed by atoms with van der Waals surface area (Å²) in [6, 6.07) is 14.7. The smallest absolute Gasteiger partial charge is 0.232 e. The van der Waals surface area contributed by atoms with Gasteiger partial charge in [0.15, 0.2) is 0 Å². The Balaban J connectivity index is 2.36. The normalized spacial score (nSPS) is 10.7. The lowest BCUT2D eigenvalue weighted by Gasteiger charge is -2.18. The van der Waals surface area contributed by atoms with Crippen LogP contribution >= 0.6 is 23.2 Å². The molecule has 0 aromatic heterocycles. The van der Waals surface area contributed by atoms with E-state index in [1.165, 1.54) is 0 Å². The molecule has 0 atom stereocenters. The minimum atomic E-state index is -0.355. The van der Waals surface area contributed by atoms with Crippen molar-refractivity contribution in [2.45, 2.75) is 19.3 Å². The summed E-state index contributed by atoms with van der Waals surface area (Å²) >= 11 is 11.9. The second-order valence-electron chi connectivity index (χ2n) is 4.83. The highest BCUT2D eigenvalue weighted by atomic mass is 35.5. The molecule has 2 aromatic rings. The predicted octanol–water partition coefficient (Wildman–Crippen LogP) is 4.65. The zero-order valence-corrected chi connectivity index (χ0v) is 13.3. The number of carbonyl (C=O) groups is 1. The molecule has 2 rings (SSSR count). The summed E-state index contributed by atoms with van der Waals surface area (Å²) in [5, 5.41) is 4.26. The average Bonchev–Trinajstić information content (AvgIpc) is 2.49. The van der Waals surface area contributed by atoms with Gasteiger partial charge in [0.2, 0.25) is 5.91 Å². The van der Waals surface area contributed by atoms with Gasteiger partial charge >= 0.3 is 0 Å². The summed E-state index contributed by atoms with van der Waals surface area (Å²) < 4.78 is 0. The summed E-state index contributed by atoms with van der Waals surface area (Å²) in [7, 11) is 0.